The van der Waals surface area contributed by atoms with Crippen LogP contribution in [0.25, 0.3) is 0 Å². The Balaban J connectivity index is 2.38. The molecular weight excluding hydrogens is 287 g/mol. The first kappa shape index (κ1) is 15.8. The molecule has 0 aliphatic rings. The van der Waals surface area contributed by atoms with E-state index in [0.29, 0.717) is 23.6 Å². The fraction of sp³-hybridized carbons (Fsp3) is 0.294. The number of hydrogen-bond donors (Lipinski definition) is 1. The lowest BCUT2D eigenvalue weighted by Crippen LogP contribution is -2.24. The smallest absolute Gasteiger partial charge is 0.128 e. The average Bonchev–Trinajstić information content (AvgIpc) is 2.48. The van der Waals surface area contributed by atoms with Crippen molar-refractivity contribution in [2.75, 3.05) is 18.5 Å². The topological polar surface area (TPSA) is 29.3 Å². The molecule has 1 atom stereocenters. The molecule has 0 spiro atoms. The number of rotatable bonds is 5. The summed E-state index contributed by atoms with van der Waals surface area (Å²) in [6, 6.07) is 12.5. The molecular formula is C17H20ClFN2. The summed E-state index contributed by atoms with van der Waals surface area (Å²) in [5.41, 5.74) is 8.33. The Bertz CT molecular complexity index is 615. The molecule has 2 N–H and O–H groups in total. The lowest BCUT2D eigenvalue weighted by atomic mass is 10.0. The van der Waals surface area contributed by atoms with Crippen molar-refractivity contribution in [1.82, 2.24) is 0 Å². The highest BCUT2D eigenvalue weighted by molar-refractivity contribution is 6.31. The van der Waals surface area contributed by atoms with Crippen molar-refractivity contribution >= 4 is 17.3 Å². The zero-order valence-corrected chi connectivity index (χ0v) is 13.1. The minimum atomic E-state index is -0.195. The molecule has 112 valence electrons. The van der Waals surface area contributed by atoms with Gasteiger partial charge in [-0.3, -0.25) is 0 Å². The highest BCUT2D eigenvalue weighted by Crippen LogP contribution is 2.33. The van der Waals surface area contributed by atoms with E-state index < -0.39 is 0 Å². The van der Waals surface area contributed by atoms with Crippen LogP contribution in [0.4, 0.5) is 10.1 Å². The van der Waals surface area contributed by atoms with E-state index in [4.69, 9.17) is 17.3 Å². The molecule has 0 aromatic heterocycles. The van der Waals surface area contributed by atoms with Crippen molar-refractivity contribution in [3.05, 3.63) is 64.4 Å². The van der Waals surface area contributed by atoms with E-state index in [9.17, 15) is 4.39 Å². The summed E-state index contributed by atoms with van der Waals surface area (Å²) in [5.74, 6) is -0.195. The van der Waals surface area contributed by atoms with Gasteiger partial charge >= 0.3 is 0 Å². The molecule has 2 aromatic carbocycles. The van der Waals surface area contributed by atoms with Crippen LogP contribution < -0.4 is 10.6 Å². The van der Waals surface area contributed by atoms with E-state index in [1.807, 2.05) is 49.2 Å². The van der Waals surface area contributed by atoms with Crippen molar-refractivity contribution in [3.8, 4) is 0 Å². The van der Waals surface area contributed by atoms with Crippen LogP contribution >= 0.6 is 11.6 Å². The number of benzene rings is 2. The quantitative estimate of drug-likeness (QED) is 0.898. The summed E-state index contributed by atoms with van der Waals surface area (Å²) in [6.07, 6.45) is 0.698. The third-order valence-corrected chi connectivity index (χ3v) is 4.16. The zero-order chi connectivity index (χ0) is 15.4. The maximum absolute atomic E-state index is 14.0. The first-order valence-corrected chi connectivity index (χ1v) is 7.38. The van der Waals surface area contributed by atoms with Gasteiger partial charge in [0.1, 0.15) is 5.82 Å². The van der Waals surface area contributed by atoms with Gasteiger partial charge in [-0.2, -0.15) is 0 Å². The molecule has 0 radical (unpaired) electrons. The predicted molar refractivity (Wildman–Crippen MR) is 87.4 cm³/mol. The Morgan fingerprint density at radius 3 is 2.57 bits per heavy atom. The largest absolute Gasteiger partial charge is 0.367 e. The molecule has 2 nitrogen and oxygen atoms in total. The fourth-order valence-corrected chi connectivity index (χ4v) is 2.76. The van der Waals surface area contributed by atoms with Gasteiger partial charge in [0, 0.05) is 23.3 Å². The summed E-state index contributed by atoms with van der Waals surface area (Å²) in [4.78, 5) is 2.04. The minimum absolute atomic E-state index is 0.0961. The number of hydrogen-bond acceptors (Lipinski definition) is 2. The standard InChI is InChI=1S/C17H20ClFN2/c1-12(13-6-3-4-8-16(13)19)21(2)17-9-5-7-15(18)14(17)10-11-20/h3-9,12H,10-11,20H2,1-2H3. The summed E-state index contributed by atoms with van der Waals surface area (Å²) in [6.45, 7) is 2.50. The summed E-state index contributed by atoms with van der Waals surface area (Å²) < 4.78 is 14.0. The first-order chi connectivity index (χ1) is 10.1. The normalized spacial score (nSPS) is 12.2. The first-order valence-electron chi connectivity index (χ1n) is 7.01. The lowest BCUT2D eigenvalue weighted by molar-refractivity contribution is 0.585. The average molecular weight is 307 g/mol. The van der Waals surface area contributed by atoms with Gasteiger partial charge in [-0.1, -0.05) is 35.9 Å². The summed E-state index contributed by atoms with van der Waals surface area (Å²) >= 11 is 6.28. The number of nitrogens with two attached hydrogens (primary N) is 1. The summed E-state index contributed by atoms with van der Waals surface area (Å²) in [5, 5.41) is 0.700. The molecule has 0 heterocycles. The SMILES string of the molecule is CC(c1ccccc1F)N(C)c1cccc(Cl)c1CCN. The second kappa shape index (κ2) is 6.92. The molecule has 2 aromatic rings. The van der Waals surface area contributed by atoms with Crippen molar-refractivity contribution in [3.63, 3.8) is 0 Å². The van der Waals surface area contributed by atoms with Crippen molar-refractivity contribution in [2.45, 2.75) is 19.4 Å². The Morgan fingerprint density at radius 2 is 1.90 bits per heavy atom. The Labute approximate surface area is 130 Å². The van der Waals surface area contributed by atoms with Gasteiger partial charge in [-0.15, -0.1) is 0 Å². The number of halogens is 2. The van der Waals surface area contributed by atoms with Crippen LogP contribution in [0.5, 0.6) is 0 Å². The van der Waals surface area contributed by atoms with Crippen LogP contribution in [0.3, 0.4) is 0 Å². The van der Waals surface area contributed by atoms with Crippen molar-refractivity contribution in [2.24, 2.45) is 5.73 Å². The third kappa shape index (κ3) is 3.36. The maximum atomic E-state index is 14.0. The van der Waals surface area contributed by atoms with Crippen molar-refractivity contribution in [1.29, 1.82) is 0 Å². The molecule has 0 aliphatic carbocycles. The van der Waals surface area contributed by atoms with Gasteiger partial charge in [-0.25, -0.2) is 4.39 Å². The van der Waals surface area contributed by atoms with Gasteiger partial charge in [0.2, 0.25) is 0 Å². The van der Waals surface area contributed by atoms with Crippen LogP contribution in [0.2, 0.25) is 5.02 Å². The predicted octanol–water partition coefficient (Wildman–Crippen LogP) is 4.18. The minimum Gasteiger partial charge on any atom is -0.367 e. The van der Waals surface area contributed by atoms with Gasteiger partial charge in [-0.05, 0) is 43.7 Å². The lowest BCUT2D eigenvalue weighted by Gasteiger charge is -2.30. The van der Waals surface area contributed by atoms with Crippen LogP contribution in [-0.2, 0) is 6.42 Å². The molecule has 0 bridgehead atoms. The molecule has 0 fully saturated rings. The highest BCUT2D eigenvalue weighted by Gasteiger charge is 2.18. The maximum Gasteiger partial charge on any atom is 0.128 e. The Hall–Kier alpha value is -1.58. The second-order valence-corrected chi connectivity index (χ2v) is 5.49. The molecule has 0 saturated carbocycles. The van der Waals surface area contributed by atoms with Crippen LogP contribution in [0.1, 0.15) is 24.1 Å². The number of nitrogens with zero attached hydrogens (tertiary/aromatic N) is 1. The number of anilines is 1. The van der Waals surface area contributed by atoms with Crippen molar-refractivity contribution < 1.29 is 4.39 Å². The monoisotopic (exact) mass is 306 g/mol. The van der Waals surface area contributed by atoms with Gasteiger partial charge in [0.25, 0.3) is 0 Å². The zero-order valence-electron chi connectivity index (χ0n) is 12.3. The fourth-order valence-electron chi connectivity index (χ4n) is 2.50. The molecule has 4 heteroatoms. The van der Waals surface area contributed by atoms with E-state index in [2.05, 4.69) is 0 Å². The van der Waals surface area contributed by atoms with Gasteiger partial charge in [0.15, 0.2) is 0 Å². The Morgan fingerprint density at radius 1 is 1.19 bits per heavy atom. The van der Waals surface area contributed by atoms with E-state index in [0.717, 1.165) is 11.3 Å². The van der Waals surface area contributed by atoms with E-state index in [1.165, 1.54) is 6.07 Å². The van der Waals surface area contributed by atoms with Crippen LogP contribution in [-0.4, -0.2) is 13.6 Å². The molecule has 0 saturated heterocycles. The Kier molecular flexibility index (Phi) is 5.21. The molecule has 21 heavy (non-hydrogen) atoms. The molecule has 2 rings (SSSR count). The molecule has 0 aliphatic heterocycles. The second-order valence-electron chi connectivity index (χ2n) is 5.08. The van der Waals surface area contributed by atoms with Gasteiger partial charge < -0.3 is 10.6 Å². The van der Waals surface area contributed by atoms with Crippen LogP contribution in [0, 0.1) is 5.82 Å². The van der Waals surface area contributed by atoms with Crippen LogP contribution in [0.15, 0.2) is 42.5 Å². The third-order valence-electron chi connectivity index (χ3n) is 3.80. The van der Waals surface area contributed by atoms with E-state index >= 15 is 0 Å². The van der Waals surface area contributed by atoms with Gasteiger partial charge in [0.05, 0.1) is 6.04 Å². The van der Waals surface area contributed by atoms with E-state index in [1.54, 1.807) is 6.07 Å². The molecule has 1 unspecified atom stereocenters. The highest BCUT2D eigenvalue weighted by atomic mass is 35.5. The summed E-state index contributed by atoms with van der Waals surface area (Å²) in [7, 11) is 1.95. The molecule has 0 amide bonds. The van der Waals surface area contributed by atoms with E-state index in [-0.39, 0.29) is 11.9 Å².